The molecule has 0 aromatic rings. The molecule has 1 saturated heterocycles. The van der Waals surface area contributed by atoms with Gasteiger partial charge in [0.2, 0.25) is 0 Å². The van der Waals surface area contributed by atoms with Crippen LogP contribution in [0.2, 0.25) is 0 Å². The summed E-state index contributed by atoms with van der Waals surface area (Å²) < 4.78 is 21.5. The average molecular weight is 249 g/mol. The molecule has 0 atom stereocenters. The molecule has 3 N–H and O–H groups in total. The molecule has 94 valence electrons. The molecule has 5 nitrogen and oxygen atoms in total. The van der Waals surface area contributed by atoms with Crippen LogP contribution in [0.4, 0.5) is 0 Å². The zero-order chi connectivity index (χ0) is 11.8. The Hall–Kier alpha value is -0.300. The highest BCUT2D eigenvalue weighted by molar-refractivity contribution is 8.22. The Morgan fingerprint density at radius 2 is 1.81 bits per heavy atom. The van der Waals surface area contributed by atoms with Crippen molar-refractivity contribution in [3.8, 4) is 0 Å². The van der Waals surface area contributed by atoms with Crippen molar-refractivity contribution >= 4 is 16.7 Å². The molecule has 1 aliphatic heterocycles. The van der Waals surface area contributed by atoms with E-state index in [2.05, 4.69) is 0 Å². The van der Waals surface area contributed by atoms with Crippen LogP contribution in [0.15, 0.2) is 0 Å². The van der Waals surface area contributed by atoms with Crippen molar-refractivity contribution in [3.63, 3.8) is 0 Å². The van der Waals surface area contributed by atoms with Gasteiger partial charge in [0, 0.05) is 12.6 Å². The van der Waals surface area contributed by atoms with Crippen molar-refractivity contribution in [2.24, 2.45) is 5.92 Å². The van der Waals surface area contributed by atoms with Gasteiger partial charge in [-0.05, 0) is 32.1 Å². The second-order valence-electron chi connectivity index (χ2n) is 4.67. The Morgan fingerprint density at radius 3 is 2.25 bits per heavy atom. The molecular formula is C10H19NO4S. The molecule has 0 radical (unpaired) electrons. The van der Waals surface area contributed by atoms with Crippen molar-refractivity contribution < 1.29 is 19.0 Å². The second kappa shape index (κ2) is 4.52. The molecular weight excluding hydrogens is 230 g/mol. The zero-order valence-corrected chi connectivity index (χ0v) is 10.0. The zero-order valence-electron chi connectivity index (χ0n) is 9.21. The third-order valence-corrected chi connectivity index (χ3v) is 5.69. The van der Waals surface area contributed by atoms with Crippen LogP contribution in [0.25, 0.3) is 0 Å². The summed E-state index contributed by atoms with van der Waals surface area (Å²) >= 11 is 0. The maximum absolute atomic E-state index is 10.8. The van der Waals surface area contributed by atoms with Gasteiger partial charge in [-0.1, -0.05) is 0 Å². The van der Waals surface area contributed by atoms with E-state index in [9.17, 15) is 13.9 Å². The third-order valence-electron chi connectivity index (χ3n) is 3.63. The molecule has 0 unspecified atom stereocenters. The van der Waals surface area contributed by atoms with E-state index >= 15 is 0 Å². The average Bonchev–Trinajstić information content (AvgIpc) is 2.58. The number of carboxylic acid groups (broad SMARTS) is 1. The van der Waals surface area contributed by atoms with Crippen LogP contribution < -0.4 is 0 Å². The van der Waals surface area contributed by atoms with Crippen molar-refractivity contribution in [2.75, 3.05) is 12.3 Å². The first-order valence-corrected chi connectivity index (χ1v) is 7.43. The Bertz CT molecular complexity index is 276. The summed E-state index contributed by atoms with van der Waals surface area (Å²) in [5.41, 5.74) is 0. The molecule has 0 bridgehead atoms. The minimum absolute atomic E-state index is 0.170. The topological polar surface area (TPSA) is 81.0 Å². The van der Waals surface area contributed by atoms with Gasteiger partial charge in [-0.25, -0.2) is 4.31 Å². The highest BCUT2D eigenvalue weighted by Crippen LogP contribution is 2.51. The first-order valence-electron chi connectivity index (χ1n) is 5.76. The standard InChI is InChI=1S/C10H19NO4S/c12-10(13)8-2-4-9(5-3-8)11-6-1-7-16(11,14)15/h8-9,14-15H,1-7H2,(H,12,13). The van der Waals surface area contributed by atoms with Gasteiger partial charge in [0.05, 0.1) is 11.7 Å². The van der Waals surface area contributed by atoms with Gasteiger partial charge >= 0.3 is 5.97 Å². The van der Waals surface area contributed by atoms with Crippen LogP contribution in [0.5, 0.6) is 0 Å². The molecule has 16 heavy (non-hydrogen) atoms. The van der Waals surface area contributed by atoms with E-state index in [1.54, 1.807) is 0 Å². The molecule has 0 amide bonds. The largest absolute Gasteiger partial charge is 0.481 e. The first kappa shape index (κ1) is 12.2. The summed E-state index contributed by atoms with van der Waals surface area (Å²) in [6.07, 6.45) is 3.69. The molecule has 0 aromatic heterocycles. The Morgan fingerprint density at radius 1 is 1.19 bits per heavy atom. The lowest BCUT2D eigenvalue weighted by atomic mass is 9.86. The summed E-state index contributed by atoms with van der Waals surface area (Å²) in [7, 11) is -2.54. The molecule has 0 aromatic carbocycles. The quantitative estimate of drug-likeness (QED) is 0.697. The maximum atomic E-state index is 10.8. The van der Waals surface area contributed by atoms with Gasteiger partial charge in [0.15, 0.2) is 0 Å². The lowest BCUT2D eigenvalue weighted by Crippen LogP contribution is -2.38. The SMILES string of the molecule is O=C(O)C1CCC(N2CCCS2(O)O)CC1. The van der Waals surface area contributed by atoms with E-state index in [0.717, 1.165) is 25.8 Å². The summed E-state index contributed by atoms with van der Waals surface area (Å²) in [6.45, 7) is 0.741. The van der Waals surface area contributed by atoms with Gasteiger partial charge in [-0.3, -0.25) is 13.9 Å². The predicted molar refractivity (Wildman–Crippen MR) is 62.4 cm³/mol. The summed E-state index contributed by atoms with van der Waals surface area (Å²) in [6, 6.07) is 0.170. The Kier molecular flexibility index (Phi) is 3.44. The molecule has 0 spiro atoms. The molecule has 6 heteroatoms. The minimum atomic E-state index is -2.54. The number of carbonyl (C=O) groups is 1. The number of carboxylic acids is 1. The summed E-state index contributed by atoms with van der Waals surface area (Å²) in [5, 5.41) is 8.89. The van der Waals surface area contributed by atoms with Gasteiger partial charge < -0.3 is 5.11 Å². The fourth-order valence-electron chi connectivity index (χ4n) is 2.71. The summed E-state index contributed by atoms with van der Waals surface area (Å²) in [4.78, 5) is 10.8. The van der Waals surface area contributed by atoms with Crippen molar-refractivity contribution in [3.05, 3.63) is 0 Å². The van der Waals surface area contributed by atoms with Crippen LogP contribution in [0.1, 0.15) is 32.1 Å². The van der Waals surface area contributed by atoms with Crippen LogP contribution in [-0.2, 0) is 4.79 Å². The maximum Gasteiger partial charge on any atom is 0.306 e. The van der Waals surface area contributed by atoms with Gasteiger partial charge in [-0.2, -0.15) is 0 Å². The van der Waals surface area contributed by atoms with Gasteiger partial charge in [0.1, 0.15) is 0 Å². The molecule has 1 saturated carbocycles. The van der Waals surface area contributed by atoms with Crippen molar-refractivity contribution in [1.82, 2.24) is 4.31 Å². The molecule has 2 rings (SSSR count). The van der Waals surface area contributed by atoms with Crippen molar-refractivity contribution in [2.45, 2.75) is 38.1 Å². The van der Waals surface area contributed by atoms with Gasteiger partial charge in [0.25, 0.3) is 0 Å². The molecule has 2 fully saturated rings. The van der Waals surface area contributed by atoms with E-state index in [1.807, 2.05) is 4.31 Å². The fourth-order valence-corrected chi connectivity index (χ4v) is 4.57. The van der Waals surface area contributed by atoms with Crippen LogP contribution in [0.3, 0.4) is 0 Å². The fraction of sp³-hybridized carbons (Fsp3) is 0.900. The summed E-state index contributed by atoms with van der Waals surface area (Å²) in [5.74, 6) is -0.474. The molecule has 1 aliphatic carbocycles. The predicted octanol–water partition coefficient (Wildman–Crippen LogP) is 2.00. The van der Waals surface area contributed by atoms with E-state index in [4.69, 9.17) is 5.11 Å². The first-order chi connectivity index (χ1) is 7.50. The highest BCUT2D eigenvalue weighted by atomic mass is 32.3. The highest BCUT2D eigenvalue weighted by Gasteiger charge is 2.37. The van der Waals surface area contributed by atoms with Crippen molar-refractivity contribution in [1.29, 1.82) is 0 Å². The Labute approximate surface area is 96.9 Å². The monoisotopic (exact) mass is 249 g/mol. The van der Waals surface area contributed by atoms with E-state index < -0.39 is 16.7 Å². The lowest BCUT2D eigenvalue weighted by Gasteiger charge is -2.43. The molecule has 2 aliphatic rings. The van der Waals surface area contributed by atoms with E-state index in [1.165, 1.54) is 0 Å². The van der Waals surface area contributed by atoms with Crippen LogP contribution in [-0.4, -0.2) is 42.8 Å². The van der Waals surface area contributed by atoms with E-state index in [-0.39, 0.29) is 12.0 Å². The van der Waals surface area contributed by atoms with Gasteiger partial charge in [-0.15, -0.1) is 10.8 Å². The third kappa shape index (κ3) is 2.34. The normalized spacial score (nSPS) is 37.1. The number of hydrogen-bond donors (Lipinski definition) is 3. The number of aliphatic carboxylic acids is 1. The smallest absolute Gasteiger partial charge is 0.306 e. The number of rotatable bonds is 2. The Balaban J connectivity index is 1.92. The van der Waals surface area contributed by atoms with Crippen LogP contribution in [0, 0.1) is 5.92 Å². The lowest BCUT2D eigenvalue weighted by molar-refractivity contribution is -0.143. The molecule has 1 heterocycles. The minimum Gasteiger partial charge on any atom is -0.481 e. The van der Waals surface area contributed by atoms with Crippen LogP contribution >= 0.6 is 10.8 Å². The van der Waals surface area contributed by atoms with E-state index in [0.29, 0.717) is 18.6 Å². The number of hydrogen-bond acceptors (Lipinski definition) is 4. The second-order valence-corrected chi connectivity index (χ2v) is 6.82. The number of nitrogens with zero attached hydrogens (tertiary/aromatic N) is 1.